The minimum absolute atomic E-state index is 0.125. The molecule has 0 saturated carbocycles. The Balaban J connectivity index is 2.10. The van der Waals surface area contributed by atoms with Gasteiger partial charge in [0, 0.05) is 0 Å². The number of methoxy groups -OCH3 is 1. The van der Waals surface area contributed by atoms with Gasteiger partial charge in [0.25, 0.3) is 0 Å². The third-order valence-corrected chi connectivity index (χ3v) is 3.03. The lowest BCUT2D eigenvalue weighted by atomic mass is 9.99. The van der Waals surface area contributed by atoms with Gasteiger partial charge >= 0.3 is 11.9 Å². The summed E-state index contributed by atoms with van der Waals surface area (Å²) in [5.41, 5.74) is 1.42. The zero-order chi connectivity index (χ0) is 15.1. The highest BCUT2D eigenvalue weighted by Gasteiger charge is 2.30. The maximum atomic E-state index is 12.2. The van der Waals surface area contributed by atoms with E-state index in [1.54, 1.807) is 24.3 Å². The predicted molar refractivity (Wildman–Crippen MR) is 77.4 cm³/mol. The van der Waals surface area contributed by atoms with Gasteiger partial charge in [0.1, 0.15) is 6.61 Å². The molecule has 2 rings (SSSR count). The van der Waals surface area contributed by atoms with Crippen LogP contribution in [0.1, 0.15) is 17.0 Å². The van der Waals surface area contributed by atoms with Crippen LogP contribution in [0, 0.1) is 0 Å². The van der Waals surface area contributed by atoms with Gasteiger partial charge in [-0.15, -0.1) is 0 Å². The van der Waals surface area contributed by atoms with Crippen molar-refractivity contribution in [2.75, 3.05) is 7.11 Å². The summed E-state index contributed by atoms with van der Waals surface area (Å²) in [6.45, 7) is 0.125. The van der Waals surface area contributed by atoms with Crippen molar-refractivity contribution in [2.24, 2.45) is 0 Å². The molecule has 108 valence electrons. The highest BCUT2D eigenvalue weighted by atomic mass is 16.5. The van der Waals surface area contributed by atoms with Crippen molar-refractivity contribution >= 4 is 11.9 Å². The highest BCUT2D eigenvalue weighted by molar-refractivity contribution is 6.00. The molecule has 0 radical (unpaired) electrons. The third kappa shape index (κ3) is 3.92. The SMILES string of the molecule is COC(=O)C(C(=O)OCc1ccccc1)c1ccccc1. The van der Waals surface area contributed by atoms with E-state index in [1.807, 2.05) is 36.4 Å². The summed E-state index contributed by atoms with van der Waals surface area (Å²) in [7, 11) is 1.25. The predicted octanol–water partition coefficient (Wildman–Crippen LogP) is 2.69. The van der Waals surface area contributed by atoms with Crippen molar-refractivity contribution in [3.05, 3.63) is 71.8 Å². The Hall–Kier alpha value is -2.62. The molecule has 0 spiro atoms. The lowest BCUT2D eigenvalue weighted by Crippen LogP contribution is -2.25. The fourth-order valence-electron chi connectivity index (χ4n) is 1.94. The number of benzene rings is 2. The summed E-state index contributed by atoms with van der Waals surface area (Å²) in [5, 5.41) is 0. The molecule has 2 aromatic carbocycles. The molecule has 0 bridgehead atoms. The molecule has 0 aliphatic rings. The van der Waals surface area contributed by atoms with Gasteiger partial charge in [-0.3, -0.25) is 9.59 Å². The highest BCUT2D eigenvalue weighted by Crippen LogP contribution is 2.19. The second-order valence-corrected chi connectivity index (χ2v) is 4.46. The summed E-state index contributed by atoms with van der Waals surface area (Å²) in [6, 6.07) is 18.0. The van der Waals surface area contributed by atoms with Gasteiger partial charge in [-0.1, -0.05) is 60.7 Å². The molecule has 0 aliphatic carbocycles. The van der Waals surface area contributed by atoms with Gasteiger partial charge in [0.15, 0.2) is 5.92 Å². The van der Waals surface area contributed by atoms with Gasteiger partial charge in [0.2, 0.25) is 0 Å². The van der Waals surface area contributed by atoms with E-state index < -0.39 is 17.9 Å². The molecule has 21 heavy (non-hydrogen) atoms. The number of carbonyl (C=O) groups is 2. The second kappa shape index (κ2) is 7.24. The van der Waals surface area contributed by atoms with E-state index in [-0.39, 0.29) is 6.61 Å². The molecule has 2 aromatic rings. The number of hydrogen-bond acceptors (Lipinski definition) is 4. The number of hydrogen-bond donors (Lipinski definition) is 0. The number of carbonyl (C=O) groups excluding carboxylic acids is 2. The minimum atomic E-state index is -1.06. The number of rotatable bonds is 5. The van der Waals surface area contributed by atoms with Crippen LogP contribution in [0.4, 0.5) is 0 Å². The van der Waals surface area contributed by atoms with E-state index in [1.165, 1.54) is 7.11 Å². The topological polar surface area (TPSA) is 52.6 Å². The average molecular weight is 284 g/mol. The van der Waals surface area contributed by atoms with Gasteiger partial charge in [-0.25, -0.2) is 0 Å². The Morgan fingerprint density at radius 3 is 2.05 bits per heavy atom. The normalized spacial score (nSPS) is 11.5. The van der Waals surface area contributed by atoms with Crippen LogP contribution < -0.4 is 0 Å². The van der Waals surface area contributed by atoms with Crippen LogP contribution >= 0.6 is 0 Å². The van der Waals surface area contributed by atoms with Crippen LogP contribution in [0.25, 0.3) is 0 Å². The second-order valence-electron chi connectivity index (χ2n) is 4.46. The standard InChI is InChI=1S/C17H16O4/c1-20-16(18)15(14-10-6-3-7-11-14)17(19)21-12-13-8-4-2-5-9-13/h2-11,15H,12H2,1H3. The molecule has 0 fully saturated rings. The number of ether oxygens (including phenoxy) is 2. The third-order valence-electron chi connectivity index (χ3n) is 3.03. The summed E-state index contributed by atoms with van der Waals surface area (Å²) in [5.74, 6) is -2.30. The molecule has 0 N–H and O–H groups in total. The molecular formula is C17H16O4. The molecule has 0 saturated heterocycles. The molecule has 0 aliphatic heterocycles. The first kappa shape index (κ1) is 14.8. The Labute approximate surface area is 123 Å². The Kier molecular flexibility index (Phi) is 5.10. The monoisotopic (exact) mass is 284 g/mol. The summed E-state index contributed by atoms with van der Waals surface area (Å²) >= 11 is 0. The molecule has 0 aromatic heterocycles. The fraction of sp³-hybridized carbons (Fsp3) is 0.176. The largest absolute Gasteiger partial charge is 0.468 e. The first-order valence-electron chi connectivity index (χ1n) is 6.55. The number of esters is 2. The van der Waals surface area contributed by atoms with E-state index in [9.17, 15) is 9.59 Å². The van der Waals surface area contributed by atoms with Crippen molar-refractivity contribution in [3.8, 4) is 0 Å². The average Bonchev–Trinajstić information content (AvgIpc) is 2.55. The lowest BCUT2D eigenvalue weighted by Gasteiger charge is -2.14. The van der Waals surface area contributed by atoms with Gasteiger partial charge in [-0.2, -0.15) is 0 Å². The van der Waals surface area contributed by atoms with Crippen molar-refractivity contribution in [1.29, 1.82) is 0 Å². The molecule has 0 heterocycles. The van der Waals surface area contributed by atoms with Gasteiger partial charge in [0.05, 0.1) is 7.11 Å². The van der Waals surface area contributed by atoms with E-state index in [2.05, 4.69) is 0 Å². The van der Waals surface area contributed by atoms with Crippen molar-refractivity contribution < 1.29 is 19.1 Å². The molecule has 4 heteroatoms. The van der Waals surface area contributed by atoms with E-state index in [0.29, 0.717) is 5.56 Å². The van der Waals surface area contributed by atoms with Crippen LogP contribution in [-0.2, 0) is 25.7 Å². The molecule has 1 unspecified atom stereocenters. The molecule has 0 amide bonds. The van der Waals surface area contributed by atoms with Gasteiger partial charge in [-0.05, 0) is 11.1 Å². The van der Waals surface area contributed by atoms with E-state index >= 15 is 0 Å². The Morgan fingerprint density at radius 1 is 0.905 bits per heavy atom. The van der Waals surface area contributed by atoms with Crippen LogP contribution in [0.15, 0.2) is 60.7 Å². The summed E-state index contributed by atoms with van der Waals surface area (Å²) in [6.07, 6.45) is 0. The van der Waals surface area contributed by atoms with E-state index in [4.69, 9.17) is 9.47 Å². The van der Waals surface area contributed by atoms with Crippen LogP contribution in [0.3, 0.4) is 0 Å². The van der Waals surface area contributed by atoms with Crippen LogP contribution in [0.5, 0.6) is 0 Å². The maximum Gasteiger partial charge on any atom is 0.325 e. The fourth-order valence-corrected chi connectivity index (χ4v) is 1.94. The van der Waals surface area contributed by atoms with Crippen molar-refractivity contribution in [1.82, 2.24) is 0 Å². The first-order valence-corrected chi connectivity index (χ1v) is 6.55. The molecular weight excluding hydrogens is 268 g/mol. The zero-order valence-corrected chi connectivity index (χ0v) is 11.7. The summed E-state index contributed by atoms with van der Waals surface area (Å²) in [4.78, 5) is 24.0. The van der Waals surface area contributed by atoms with Gasteiger partial charge < -0.3 is 9.47 Å². The van der Waals surface area contributed by atoms with Crippen LogP contribution in [0.2, 0.25) is 0 Å². The lowest BCUT2D eigenvalue weighted by molar-refractivity contribution is -0.156. The molecule has 1 atom stereocenters. The van der Waals surface area contributed by atoms with Crippen molar-refractivity contribution in [3.63, 3.8) is 0 Å². The Morgan fingerprint density at radius 2 is 1.48 bits per heavy atom. The first-order chi connectivity index (χ1) is 10.2. The Bertz CT molecular complexity index is 593. The smallest absolute Gasteiger partial charge is 0.325 e. The van der Waals surface area contributed by atoms with Crippen molar-refractivity contribution in [2.45, 2.75) is 12.5 Å². The maximum absolute atomic E-state index is 12.2. The zero-order valence-electron chi connectivity index (χ0n) is 11.7. The van der Waals surface area contributed by atoms with E-state index in [0.717, 1.165) is 5.56 Å². The quantitative estimate of drug-likeness (QED) is 0.625. The summed E-state index contributed by atoms with van der Waals surface area (Å²) < 4.78 is 9.93. The van der Waals surface area contributed by atoms with Crippen LogP contribution in [-0.4, -0.2) is 19.0 Å². The minimum Gasteiger partial charge on any atom is -0.468 e. The molecule has 4 nitrogen and oxygen atoms in total.